The van der Waals surface area contributed by atoms with Crippen LogP contribution in [0.2, 0.25) is 0 Å². The Hall–Kier alpha value is -1.36. The number of nitrogens with two attached hydrogens (primary N) is 1. The summed E-state index contributed by atoms with van der Waals surface area (Å²) in [4.78, 5) is 14.6. The number of carbonyl (C=O) groups is 1. The van der Waals surface area contributed by atoms with Crippen molar-refractivity contribution in [1.82, 2.24) is 9.55 Å². The van der Waals surface area contributed by atoms with Crippen LogP contribution in [0.5, 0.6) is 0 Å². The first-order chi connectivity index (χ1) is 6.63. The Morgan fingerprint density at radius 3 is 3.07 bits per heavy atom. The zero-order valence-corrected chi connectivity index (χ0v) is 8.18. The maximum absolute atomic E-state index is 10.5. The van der Waals surface area contributed by atoms with Crippen LogP contribution >= 0.6 is 0 Å². The predicted octanol–water partition coefficient (Wildman–Crippen LogP) is 0.247. The van der Waals surface area contributed by atoms with Gasteiger partial charge in [0.05, 0.1) is 12.0 Å². The molecule has 0 aliphatic heterocycles. The van der Waals surface area contributed by atoms with E-state index in [9.17, 15) is 4.79 Å². The second-order valence-electron chi connectivity index (χ2n) is 3.25. The first kappa shape index (κ1) is 10.7. The van der Waals surface area contributed by atoms with Crippen molar-refractivity contribution in [3.63, 3.8) is 0 Å². The van der Waals surface area contributed by atoms with E-state index in [-0.39, 0.29) is 6.42 Å². The second-order valence-corrected chi connectivity index (χ2v) is 3.25. The molecule has 1 aromatic heterocycles. The molecule has 0 aliphatic rings. The minimum Gasteiger partial charge on any atom is -0.480 e. The van der Waals surface area contributed by atoms with Gasteiger partial charge in [0.25, 0.3) is 0 Å². The highest BCUT2D eigenvalue weighted by molar-refractivity contribution is 5.73. The summed E-state index contributed by atoms with van der Waals surface area (Å²) in [6, 6.07) is -0.861. The Balaban J connectivity index is 2.55. The number of aryl methyl sites for hydroxylation is 1. The lowest BCUT2D eigenvalue weighted by atomic mass is 10.2. The van der Waals surface area contributed by atoms with Gasteiger partial charge in [0.2, 0.25) is 0 Å². The minimum atomic E-state index is -0.991. The van der Waals surface area contributed by atoms with E-state index in [0.29, 0.717) is 0 Å². The minimum absolute atomic E-state index is 0.284. The van der Waals surface area contributed by atoms with Crippen LogP contribution in [0.1, 0.15) is 19.0 Å². The molecule has 0 radical (unpaired) electrons. The largest absolute Gasteiger partial charge is 0.480 e. The van der Waals surface area contributed by atoms with Crippen molar-refractivity contribution in [3.05, 3.63) is 18.2 Å². The summed E-state index contributed by atoms with van der Waals surface area (Å²) in [5.74, 6) is -0.991. The summed E-state index contributed by atoms with van der Waals surface area (Å²) in [5.41, 5.74) is 6.11. The summed E-state index contributed by atoms with van der Waals surface area (Å²) < 4.78 is 1.93. The molecular formula is C9H15N3O2. The summed E-state index contributed by atoms with van der Waals surface area (Å²) in [6.07, 6.45) is 4.85. The first-order valence-corrected chi connectivity index (χ1v) is 4.62. The molecule has 1 aromatic rings. The van der Waals surface area contributed by atoms with E-state index >= 15 is 0 Å². The van der Waals surface area contributed by atoms with Gasteiger partial charge < -0.3 is 15.4 Å². The maximum Gasteiger partial charge on any atom is 0.320 e. The molecule has 0 saturated carbocycles. The van der Waals surface area contributed by atoms with Gasteiger partial charge in [-0.25, -0.2) is 4.98 Å². The molecule has 0 saturated heterocycles. The van der Waals surface area contributed by atoms with Crippen molar-refractivity contribution in [1.29, 1.82) is 0 Å². The second kappa shape index (κ2) is 4.76. The van der Waals surface area contributed by atoms with Crippen LogP contribution < -0.4 is 5.73 Å². The van der Waals surface area contributed by atoms with Gasteiger partial charge in [-0.2, -0.15) is 0 Å². The van der Waals surface area contributed by atoms with Crippen molar-refractivity contribution in [2.24, 2.45) is 5.73 Å². The lowest BCUT2D eigenvalue weighted by molar-refractivity contribution is -0.138. The summed E-state index contributed by atoms with van der Waals surface area (Å²) in [6.45, 7) is 2.97. The molecule has 1 rings (SSSR count). The van der Waals surface area contributed by atoms with E-state index in [1.165, 1.54) is 0 Å². The Bertz CT molecular complexity index is 309. The maximum atomic E-state index is 10.5. The summed E-state index contributed by atoms with van der Waals surface area (Å²) >= 11 is 0. The SMILES string of the molecule is CCCn1cnc(C[C@H](N)C(=O)O)c1. The smallest absolute Gasteiger partial charge is 0.320 e. The van der Waals surface area contributed by atoms with Crippen molar-refractivity contribution in [2.45, 2.75) is 32.4 Å². The Kier molecular flexibility index (Phi) is 3.64. The van der Waals surface area contributed by atoms with Crippen LogP contribution in [-0.2, 0) is 17.8 Å². The fourth-order valence-electron chi connectivity index (χ4n) is 1.20. The molecule has 0 aliphatic carbocycles. The van der Waals surface area contributed by atoms with Crippen LogP contribution in [0.4, 0.5) is 0 Å². The molecule has 0 bridgehead atoms. The monoisotopic (exact) mass is 197 g/mol. The van der Waals surface area contributed by atoms with E-state index in [1.54, 1.807) is 6.33 Å². The lowest BCUT2D eigenvalue weighted by Crippen LogP contribution is -2.32. The number of rotatable bonds is 5. The van der Waals surface area contributed by atoms with E-state index < -0.39 is 12.0 Å². The van der Waals surface area contributed by atoms with Crippen LogP contribution in [0, 0.1) is 0 Å². The van der Waals surface area contributed by atoms with Crippen LogP contribution in [0.3, 0.4) is 0 Å². The molecule has 5 heteroatoms. The number of hydrogen-bond acceptors (Lipinski definition) is 3. The third kappa shape index (κ3) is 2.85. The summed E-state index contributed by atoms with van der Waals surface area (Å²) in [7, 11) is 0. The van der Waals surface area contributed by atoms with Crippen molar-refractivity contribution >= 4 is 5.97 Å². The molecular weight excluding hydrogens is 182 g/mol. The highest BCUT2D eigenvalue weighted by atomic mass is 16.4. The molecule has 0 amide bonds. The van der Waals surface area contributed by atoms with Gasteiger partial charge in [0.1, 0.15) is 6.04 Å². The van der Waals surface area contributed by atoms with Gasteiger partial charge in [-0.05, 0) is 6.42 Å². The molecule has 0 spiro atoms. The lowest BCUT2D eigenvalue weighted by Gasteiger charge is -2.02. The molecule has 0 fully saturated rings. The number of carboxylic acid groups (broad SMARTS) is 1. The molecule has 78 valence electrons. The highest BCUT2D eigenvalue weighted by Gasteiger charge is 2.13. The molecule has 14 heavy (non-hydrogen) atoms. The average Bonchev–Trinajstić information content (AvgIpc) is 2.53. The van der Waals surface area contributed by atoms with E-state index in [1.807, 2.05) is 10.8 Å². The van der Waals surface area contributed by atoms with Crippen molar-refractivity contribution in [2.75, 3.05) is 0 Å². The topological polar surface area (TPSA) is 81.1 Å². The number of carboxylic acids is 1. The van der Waals surface area contributed by atoms with Gasteiger partial charge in [0, 0.05) is 19.2 Å². The normalized spacial score (nSPS) is 12.7. The highest BCUT2D eigenvalue weighted by Crippen LogP contribution is 2.00. The zero-order chi connectivity index (χ0) is 10.6. The average molecular weight is 197 g/mol. The molecule has 1 atom stereocenters. The van der Waals surface area contributed by atoms with E-state index in [0.717, 1.165) is 18.7 Å². The predicted molar refractivity (Wildman–Crippen MR) is 51.8 cm³/mol. The van der Waals surface area contributed by atoms with Gasteiger partial charge >= 0.3 is 5.97 Å². The first-order valence-electron chi connectivity index (χ1n) is 4.62. The molecule has 1 heterocycles. The van der Waals surface area contributed by atoms with Gasteiger partial charge in [-0.15, -0.1) is 0 Å². The Labute approximate surface area is 82.6 Å². The standard InChI is InChI=1S/C9H15N3O2/c1-2-3-12-5-7(11-6-12)4-8(10)9(13)14/h5-6,8H,2-4,10H2,1H3,(H,13,14)/t8-/m0/s1. The zero-order valence-electron chi connectivity index (χ0n) is 8.18. The third-order valence-corrected chi connectivity index (χ3v) is 1.91. The molecule has 3 N–H and O–H groups in total. The van der Waals surface area contributed by atoms with Crippen molar-refractivity contribution in [3.8, 4) is 0 Å². The third-order valence-electron chi connectivity index (χ3n) is 1.91. The van der Waals surface area contributed by atoms with Crippen LogP contribution in [-0.4, -0.2) is 26.7 Å². The number of imidazole rings is 1. The molecule has 0 aromatic carbocycles. The number of aliphatic carboxylic acids is 1. The fourth-order valence-corrected chi connectivity index (χ4v) is 1.20. The quantitative estimate of drug-likeness (QED) is 0.708. The van der Waals surface area contributed by atoms with Crippen molar-refractivity contribution < 1.29 is 9.90 Å². The Morgan fingerprint density at radius 2 is 2.50 bits per heavy atom. The number of nitrogens with zero attached hydrogens (tertiary/aromatic N) is 2. The van der Waals surface area contributed by atoms with Crippen LogP contribution in [0.15, 0.2) is 12.5 Å². The van der Waals surface area contributed by atoms with Gasteiger partial charge in [-0.1, -0.05) is 6.92 Å². The molecule has 0 unspecified atom stereocenters. The number of aromatic nitrogens is 2. The van der Waals surface area contributed by atoms with Gasteiger partial charge in [0.15, 0.2) is 0 Å². The van der Waals surface area contributed by atoms with Crippen LogP contribution in [0.25, 0.3) is 0 Å². The molecule has 5 nitrogen and oxygen atoms in total. The summed E-state index contributed by atoms with van der Waals surface area (Å²) in [5, 5.41) is 8.59. The van der Waals surface area contributed by atoms with Gasteiger partial charge in [-0.3, -0.25) is 4.79 Å². The fraction of sp³-hybridized carbons (Fsp3) is 0.556. The van der Waals surface area contributed by atoms with E-state index in [4.69, 9.17) is 10.8 Å². The van der Waals surface area contributed by atoms with E-state index in [2.05, 4.69) is 11.9 Å². The Morgan fingerprint density at radius 1 is 1.79 bits per heavy atom. The number of hydrogen-bond donors (Lipinski definition) is 2.